The number of nitro groups is 1. The molecule has 0 radical (unpaired) electrons. The molecule has 2 N–H and O–H groups in total. The Bertz CT molecular complexity index is 662. The fraction of sp³-hybridized carbons (Fsp3) is 0.188. The Morgan fingerprint density at radius 2 is 1.65 bits per heavy atom. The minimum Gasteiger partial charge on any atom is -0.352 e. The average molecular weight is 426 g/mol. The summed E-state index contributed by atoms with van der Waals surface area (Å²) in [6, 6.07) is 16.5. The van der Waals surface area contributed by atoms with Crippen molar-refractivity contribution in [3.05, 3.63) is 75.8 Å². The maximum Gasteiger partial charge on any atom is 0.269 e. The first kappa shape index (κ1) is 18.9. The lowest BCUT2D eigenvalue weighted by atomic mass is 10.2. The first-order valence-electron chi connectivity index (χ1n) is 6.91. The van der Waals surface area contributed by atoms with Gasteiger partial charge in [0.25, 0.3) is 5.69 Å². The topological polar surface area (TPSA) is 79.6 Å². The van der Waals surface area contributed by atoms with Crippen LogP contribution in [0.3, 0.4) is 0 Å². The lowest BCUT2D eigenvalue weighted by molar-refractivity contribution is -0.384. The number of hydrogen-bond donors (Lipinski definition) is 2. The molecule has 0 atom stereocenters. The summed E-state index contributed by atoms with van der Waals surface area (Å²) >= 11 is 0. The zero-order valence-electron chi connectivity index (χ0n) is 12.7. The SMILES string of the molecule is CN=C(NCc1ccccc1)NCc1cccc([N+](=O)[O-])c1.I. The summed E-state index contributed by atoms with van der Waals surface area (Å²) in [6.07, 6.45) is 0. The van der Waals surface area contributed by atoms with Crippen LogP contribution in [-0.4, -0.2) is 17.9 Å². The van der Waals surface area contributed by atoms with Crippen molar-refractivity contribution in [2.24, 2.45) is 4.99 Å². The third kappa shape index (κ3) is 6.23. The molecule has 0 unspecified atom stereocenters. The van der Waals surface area contributed by atoms with Gasteiger partial charge < -0.3 is 10.6 Å². The molecule has 0 aliphatic rings. The molecule has 23 heavy (non-hydrogen) atoms. The molecule has 0 saturated carbocycles. The molecule has 0 spiro atoms. The molecule has 0 aliphatic carbocycles. The lowest BCUT2D eigenvalue weighted by Gasteiger charge is -2.12. The maximum atomic E-state index is 10.8. The Hall–Kier alpha value is -2.16. The van der Waals surface area contributed by atoms with Crippen molar-refractivity contribution in [3.8, 4) is 0 Å². The molecule has 2 aromatic carbocycles. The number of hydrogen-bond acceptors (Lipinski definition) is 3. The summed E-state index contributed by atoms with van der Waals surface area (Å²) in [4.78, 5) is 14.5. The van der Waals surface area contributed by atoms with Crippen LogP contribution in [0.25, 0.3) is 0 Å². The Balaban J connectivity index is 0.00000264. The molecule has 0 saturated heterocycles. The quantitative estimate of drug-likeness (QED) is 0.253. The number of aliphatic imine (C=N–C) groups is 1. The zero-order valence-corrected chi connectivity index (χ0v) is 15.1. The van der Waals surface area contributed by atoms with Gasteiger partial charge in [0.1, 0.15) is 0 Å². The van der Waals surface area contributed by atoms with Crippen LogP contribution in [0, 0.1) is 10.1 Å². The van der Waals surface area contributed by atoms with Gasteiger partial charge >= 0.3 is 0 Å². The molecule has 2 aromatic rings. The highest BCUT2D eigenvalue weighted by atomic mass is 127. The number of rotatable bonds is 5. The van der Waals surface area contributed by atoms with E-state index in [1.807, 2.05) is 36.4 Å². The Labute approximate surface area is 152 Å². The highest BCUT2D eigenvalue weighted by Crippen LogP contribution is 2.12. The van der Waals surface area contributed by atoms with Gasteiger partial charge in [0.05, 0.1) is 4.92 Å². The van der Waals surface area contributed by atoms with Crippen LogP contribution in [0.4, 0.5) is 5.69 Å². The summed E-state index contributed by atoms with van der Waals surface area (Å²) < 4.78 is 0. The second-order valence-corrected chi connectivity index (χ2v) is 4.69. The molecule has 0 fully saturated rings. The van der Waals surface area contributed by atoms with Crippen LogP contribution in [0.2, 0.25) is 0 Å². The summed E-state index contributed by atoms with van der Waals surface area (Å²) in [7, 11) is 1.69. The van der Waals surface area contributed by atoms with E-state index in [1.54, 1.807) is 19.2 Å². The van der Waals surface area contributed by atoms with Gasteiger partial charge in [-0.1, -0.05) is 42.5 Å². The Morgan fingerprint density at radius 3 is 2.26 bits per heavy atom. The molecular weight excluding hydrogens is 407 g/mol. The van der Waals surface area contributed by atoms with Crippen LogP contribution < -0.4 is 10.6 Å². The Morgan fingerprint density at radius 1 is 1.04 bits per heavy atom. The average Bonchev–Trinajstić information content (AvgIpc) is 2.56. The van der Waals surface area contributed by atoms with Crippen LogP contribution >= 0.6 is 24.0 Å². The van der Waals surface area contributed by atoms with Crippen LogP contribution in [0.5, 0.6) is 0 Å². The van der Waals surface area contributed by atoms with Gasteiger partial charge in [-0.2, -0.15) is 0 Å². The molecular formula is C16H19IN4O2. The number of non-ortho nitro benzene ring substituents is 1. The van der Waals surface area contributed by atoms with E-state index in [9.17, 15) is 10.1 Å². The second-order valence-electron chi connectivity index (χ2n) is 4.69. The number of halogens is 1. The number of nitrogens with one attached hydrogen (secondary N) is 2. The molecule has 0 aliphatic heterocycles. The summed E-state index contributed by atoms with van der Waals surface area (Å²) in [5, 5.41) is 17.1. The number of nitro benzene ring substituents is 1. The third-order valence-electron chi connectivity index (χ3n) is 3.11. The highest BCUT2D eigenvalue weighted by molar-refractivity contribution is 14.0. The number of benzene rings is 2. The molecule has 7 heteroatoms. The standard InChI is InChI=1S/C16H18N4O2.HI/c1-17-16(18-11-13-6-3-2-4-7-13)19-12-14-8-5-9-15(10-14)20(21)22;/h2-10H,11-12H2,1H3,(H2,17,18,19);1H. The molecule has 122 valence electrons. The minimum absolute atomic E-state index is 0. The van der Waals surface area contributed by atoms with E-state index >= 15 is 0 Å². The molecule has 0 heterocycles. The molecule has 0 aromatic heterocycles. The first-order valence-corrected chi connectivity index (χ1v) is 6.91. The summed E-state index contributed by atoms with van der Waals surface area (Å²) in [6.45, 7) is 1.13. The smallest absolute Gasteiger partial charge is 0.269 e. The van der Waals surface area contributed by atoms with E-state index in [0.29, 0.717) is 19.0 Å². The lowest BCUT2D eigenvalue weighted by Crippen LogP contribution is -2.36. The number of guanidine groups is 1. The molecule has 6 nitrogen and oxygen atoms in total. The van der Waals surface area contributed by atoms with E-state index in [2.05, 4.69) is 15.6 Å². The number of nitrogens with zero attached hydrogens (tertiary/aromatic N) is 2. The van der Waals surface area contributed by atoms with Crippen molar-refractivity contribution in [1.29, 1.82) is 0 Å². The van der Waals surface area contributed by atoms with Gasteiger partial charge in [-0.3, -0.25) is 15.1 Å². The van der Waals surface area contributed by atoms with Gasteiger partial charge in [-0.05, 0) is 11.1 Å². The highest BCUT2D eigenvalue weighted by Gasteiger charge is 2.06. The monoisotopic (exact) mass is 426 g/mol. The van der Waals surface area contributed by atoms with Crippen LogP contribution in [0.15, 0.2) is 59.6 Å². The van der Waals surface area contributed by atoms with Gasteiger partial charge in [0.15, 0.2) is 5.96 Å². The van der Waals surface area contributed by atoms with Crippen molar-refractivity contribution in [3.63, 3.8) is 0 Å². The van der Waals surface area contributed by atoms with Crippen LogP contribution in [0.1, 0.15) is 11.1 Å². The zero-order chi connectivity index (χ0) is 15.8. The van der Waals surface area contributed by atoms with Crippen LogP contribution in [-0.2, 0) is 13.1 Å². The van der Waals surface area contributed by atoms with Crippen molar-refractivity contribution >= 4 is 35.6 Å². The van der Waals surface area contributed by atoms with E-state index < -0.39 is 4.92 Å². The van der Waals surface area contributed by atoms with E-state index in [-0.39, 0.29) is 29.7 Å². The van der Waals surface area contributed by atoms with Crippen molar-refractivity contribution in [2.45, 2.75) is 13.1 Å². The normalized spacial score (nSPS) is 10.6. The predicted molar refractivity (Wildman–Crippen MR) is 102 cm³/mol. The van der Waals surface area contributed by atoms with Gasteiger partial charge in [0, 0.05) is 32.3 Å². The van der Waals surface area contributed by atoms with E-state index in [1.165, 1.54) is 6.07 Å². The van der Waals surface area contributed by atoms with Crippen molar-refractivity contribution < 1.29 is 4.92 Å². The van der Waals surface area contributed by atoms with Gasteiger partial charge in [-0.25, -0.2) is 0 Å². The Kier molecular flexibility index (Phi) is 8.03. The summed E-state index contributed by atoms with van der Waals surface area (Å²) in [5.41, 5.74) is 2.07. The minimum atomic E-state index is -0.397. The predicted octanol–water partition coefficient (Wildman–Crippen LogP) is 3.08. The maximum absolute atomic E-state index is 10.8. The second kappa shape index (κ2) is 9.78. The summed E-state index contributed by atoms with van der Waals surface area (Å²) in [5.74, 6) is 0.648. The first-order chi connectivity index (χ1) is 10.7. The molecule has 2 rings (SSSR count). The molecule has 0 amide bonds. The van der Waals surface area contributed by atoms with Crippen molar-refractivity contribution in [2.75, 3.05) is 7.05 Å². The van der Waals surface area contributed by atoms with Gasteiger partial charge in [0.2, 0.25) is 0 Å². The fourth-order valence-electron chi connectivity index (χ4n) is 1.97. The third-order valence-corrected chi connectivity index (χ3v) is 3.11. The fourth-order valence-corrected chi connectivity index (χ4v) is 1.97. The van der Waals surface area contributed by atoms with E-state index in [0.717, 1.165) is 11.1 Å². The molecule has 0 bridgehead atoms. The van der Waals surface area contributed by atoms with Crippen molar-refractivity contribution in [1.82, 2.24) is 10.6 Å². The van der Waals surface area contributed by atoms with Gasteiger partial charge in [-0.15, -0.1) is 24.0 Å². The largest absolute Gasteiger partial charge is 0.352 e. The van der Waals surface area contributed by atoms with E-state index in [4.69, 9.17) is 0 Å².